The molecular formula is C47H77NO10. The molecule has 0 fully saturated rings. The van der Waals surface area contributed by atoms with Gasteiger partial charge in [0.1, 0.15) is 6.61 Å². The molecular weight excluding hydrogens is 739 g/mol. The highest BCUT2D eigenvalue weighted by atomic mass is 16.6. The fourth-order valence-corrected chi connectivity index (χ4v) is 6.86. The van der Waals surface area contributed by atoms with E-state index in [1.165, 1.54) is 99.3 Å². The molecule has 330 valence electrons. The number of benzene rings is 2. The predicted molar refractivity (Wildman–Crippen MR) is 230 cm³/mol. The van der Waals surface area contributed by atoms with Crippen molar-refractivity contribution in [3.05, 3.63) is 59.7 Å². The molecule has 0 heterocycles. The highest BCUT2D eigenvalue weighted by molar-refractivity contribution is 5.79. The Morgan fingerprint density at radius 3 is 1.17 bits per heavy atom. The van der Waals surface area contributed by atoms with Crippen LogP contribution in [0.2, 0.25) is 0 Å². The minimum absolute atomic E-state index is 0.0436. The Balaban J connectivity index is 0.950. The van der Waals surface area contributed by atoms with E-state index in [9.17, 15) is 4.79 Å². The third-order valence-corrected chi connectivity index (χ3v) is 10.2. The second-order valence-corrected chi connectivity index (χ2v) is 14.9. The summed E-state index contributed by atoms with van der Waals surface area (Å²) in [6, 6.07) is 16.6. The summed E-state index contributed by atoms with van der Waals surface area (Å²) in [5.74, 6) is 0.0436. The number of fused-ring (bicyclic) bond motifs is 3. The van der Waals surface area contributed by atoms with Gasteiger partial charge in [0.25, 0.3) is 0 Å². The molecule has 0 aromatic heterocycles. The Morgan fingerprint density at radius 2 is 0.776 bits per heavy atom. The number of carbonyl (C=O) groups is 1. The van der Waals surface area contributed by atoms with E-state index in [1.807, 2.05) is 24.3 Å². The number of rotatable bonds is 40. The normalized spacial score (nSPS) is 12.2. The van der Waals surface area contributed by atoms with E-state index in [4.69, 9.17) is 42.6 Å². The molecule has 0 aliphatic heterocycles. The van der Waals surface area contributed by atoms with Crippen LogP contribution in [0.3, 0.4) is 0 Å². The van der Waals surface area contributed by atoms with Crippen molar-refractivity contribution in [1.82, 2.24) is 4.90 Å². The van der Waals surface area contributed by atoms with Gasteiger partial charge in [0.05, 0.1) is 99.1 Å². The minimum atomic E-state index is -0.357. The maximum absolute atomic E-state index is 12.6. The van der Waals surface area contributed by atoms with Crippen LogP contribution in [0.15, 0.2) is 48.5 Å². The Bertz CT molecular complexity index is 1220. The lowest BCUT2D eigenvalue weighted by Gasteiger charge is -2.19. The summed E-state index contributed by atoms with van der Waals surface area (Å²) in [7, 11) is 1.72. The van der Waals surface area contributed by atoms with Crippen molar-refractivity contribution < 1.29 is 47.4 Å². The van der Waals surface area contributed by atoms with E-state index in [2.05, 4.69) is 31.2 Å². The van der Waals surface area contributed by atoms with E-state index < -0.39 is 0 Å². The molecule has 2 aromatic rings. The number of nitrogens with zero attached hydrogens (tertiary/aromatic N) is 1. The van der Waals surface area contributed by atoms with Gasteiger partial charge in [0.15, 0.2) is 0 Å². The van der Waals surface area contributed by atoms with Gasteiger partial charge in [0.2, 0.25) is 0 Å². The SMILES string of the molecule is CCCCCCCCCCCCCCCOCCOCCOCCOCCOCCOCCOCCOCCN(C)C(=O)OCC1c2ccccc2-c2ccccc21. The summed E-state index contributed by atoms with van der Waals surface area (Å²) in [5, 5.41) is 0. The number of carbonyl (C=O) groups excluding carboxylic acids is 1. The monoisotopic (exact) mass is 816 g/mol. The van der Waals surface area contributed by atoms with Crippen molar-refractivity contribution in [3.63, 3.8) is 0 Å². The number of hydrogen-bond donors (Lipinski definition) is 0. The Hall–Kier alpha value is -2.61. The number of likely N-dealkylation sites (N-methyl/N-ethyl adjacent to an activating group) is 1. The first-order valence-electron chi connectivity index (χ1n) is 22.4. The third kappa shape index (κ3) is 23.3. The first kappa shape index (κ1) is 49.8. The predicted octanol–water partition coefficient (Wildman–Crippen LogP) is 9.09. The second-order valence-electron chi connectivity index (χ2n) is 14.9. The quantitative estimate of drug-likeness (QED) is 0.0606. The third-order valence-electron chi connectivity index (χ3n) is 10.2. The van der Waals surface area contributed by atoms with Crippen molar-refractivity contribution in [2.75, 3.05) is 126 Å². The molecule has 1 aliphatic rings. The van der Waals surface area contributed by atoms with Crippen LogP contribution in [0.5, 0.6) is 0 Å². The van der Waals surface area contributed by atoms with Crippen LogP contribution in [0.4, 0.5) is 4.79 Å². The topological polar surface area (TPSA) is 103 Å². The van der Waals surface area contributed by atoms with Crippen LogP contribution < -0.4 is 0 Å². The fourth-order valence-electron chi connectivity index (χ4n) is 6.86. The van der Waals surface area contributed by atoms with E-state index in [0.717, 1.165) is 13.0 Å². The average molecular weight is 816 g/mol. The molecule has 0 radical (unpaired) electrons. The van der Waals surface area contributed by atoms with Crippen LogP contribution in [-0.2, 0) is 42.6 Å². The van der Waals surface area contributed by atoms with E-state index in [0.29, 0.717) is 112 Å². The highest BCUT2D eigenvalue weighted by Gasteiger charge is 2.29. The van der Waals surface area contributed by atoms with Gasteiger partial charge < -0.3 is 47.5 Å². The lowest BCUT2D eigenvalue weighted by molar-refractivity contribution is -0.0234. The Morgan fingerprint density at radius 1 is 0.448 bits per heavy atom. The molecule has 11 heteroatoms. The van der Waals surface area contributed by atoms with E-state index in [1.54, 1.807) is 11.9 Å². The summed E-state index contributed by atoms with van der Waals surface area (Å²) < 4.78 is 50.3. The molecule has 0 unspecified atom stereocenters. The summed E-state index contributed by atoms with van der Waals surface area (Å²) in [5.41, 5.74) is 4.82. The zero-order valence-corrected chi connectivity index (χ0v) is 36.1. The highest BCUT2D eigenvalue weighted by Crippen LogP contribution is 2.44. The number of unbranched alkanes of at least 4 members (excludes halogenated alkanes) is 12. The van der Waals surface area contributed by atoms with Gasteiger partial charge in [-0.25, -0.2) is 4.79 Å². The van der Waals surface area contributed by atoms with Crippen molar-refractivity contribution in [3.8, 4) is 11.1 Å². The lowest BCUT2D eigenvalue weighted by Crippen LogP contribution is -2.32. The zero-order valence-electron chi connectivity index (χ0n) is 36.1. The van der Waals surface area contributed by atoms with Crippen molar-refractivity contribution >= 4 is 6.09 Å². The largest absolute Gasteiger partial charge is 0.448 e. The summed E-state index contributed by atoms with van der Waals surface area (Å²) in [6.45, 7) is 11.6. The van der Waals surface area contributed by atoms with E-state index in [-0.39, 0.29) is 12.0 Å². The Labute approximate surface area is 350 Å². The van der Waals surface area contributed by atoms with Gasteiger partial charge in [0, 0.05) is 26.1 Å². The molecule has 0 saturated carbocycles. The summed E-state index contributed by atoms with van der Waals surface area (Å²) >= 11 is 0. The molecule has 11 nitrogen and oxygen atoms in total. The maximum atomic E-state index is 12.6. The van der Waals surface area contributed by atoms with Gasteiger partial charge in [-0.3, -0.25) is 0 Å². The molecule has 0 saturated heterocycles. The Kier molecular flexibility index (Phi) is 30.2. The van der Waals surface area contributed by atoms with Crippen LogP contribution >= 0.6 is 0 Å². The van der Waals surface area contributed by atoms with Crippen LogP contribution in [0.25, 0.3) is 11.1 Å². The molecule has 0 spiro atoms. The van der Waals surface area contributed by atoms with Crippen molar-refractivity contribution in [2.45, 2.75) is 96.3 Å². The molecule has 2 aromatic carbocycles. The molecule has 1 aliphatic carbocycles. The minimum Gasteiger partial charge on any atom is -0.448 e. The number of ether oxygens (including phenoxy) is 9. The van der Waals surface area contributed by atoms with E-state index >= 15 is 0 Å². The van der Waals surface area contributed by atoms with Crippen molar-refractivity contribution in [1.29, 1.82) is 0 Å². The molecule has 0 bridgehead atoms. The molecule has 0 N–H and O–H groups in total. The number of hydrogen-bond acceptors (Lipinski definition) is 10. The van der Waals surface area contributed by atoms with Gasteiger partial charge in [-0.1, -0.05) is 133 Å². The standard InChI is InChI=1S/C47H77NO10/c1-3-4-5-6-7-8-9-10-11-12-13-14-19-25-50-27-29-52-31-33-54-35-37-56-39-40-57-38-36-55-34-32-53-30-28-51-26-24-48(2)47(49)58-41-46-44-22-17-15-20-42(44)43-21-16-18-23-45(43)46/h15-18,20-23,46H,3-14,19,24-41H2,1-2H3. The first-order valence-corrected chi connectivity index (χ1v) is 22.4. The number of amides is 1. The van der Waals surface area contributed by atoms with Gasteiger partial charge >= 0.3 is 6.09 Å². The first-order chi connectivity index (χ1) is 28.7. The second kappa shape index (κ2) is 35.2. The molecule has 58 heavy (non-hydrogen) atoms. The van der Waals surface area contributed by atoms with Gasteiger partial charge in [-0.2, -0.15) is 0 Å². The molecule has 1 amide bonds. The van der Waals surface area contributed by atoms with Crippen LogP contribution in [0.1, 0.15) is 107 Å². The van der Waals surface area contributed by atoms with Crippen LogP contribution in [0, 0.1) is 0 Å². The van der Waals surface area contributed by atoms with Gasteiger partial charge in [-0.05, 0) is 28.7 Å². The van der Waals surface area contributed by atoms with Crippen molar-refractivity contribution in [2.24, 2.45) is 0 Å². The molecule has 0 atom stereocenters. The zero-order chi connectivity index (χ0) is 41.0. The maximum Gasteiger partial charge on any atom is 0.409 e. The lowest BCUT2D eigenvalue weighted by atomic mass is 9.98. The van der Waals surface area contributed by atoms with Crippen LogP contribution in [-0.4, -0.2) is 137 Å². The van der Waals surface area contributed by atoms with Gasteiger partial charge in [-0.15, -0.1) is 0 Å². The molecule has 3 rings (SSSR count). The smallest absolute Gasteiger partial charge is 0.409 e. The summed E-state index contributed by atoms with van der Waals surface area (Å²) in [4.78, 5) is 14.2. The fraction of sp³-hybridized carbons (Fsp3) is 0.723. The average Bonchev–Trinajstić information content (AvgIpc) is 3.57. The summed E-state index contributed by atoms with van der Waals surface area (Å²) in [6.07, 6.45) is 17.4.